The zero-order valence-corrected chi connectivity index (χ0v) is 32.8. The number of phenols is 1. The van der Waals surface area contributed by atoms with Crippen LogP contribution in [0, 0.1) is 0 Å². The Morgan fingerprint density at radius 3 is 1.08 bits per heavy atom. The predicted molar refractivity (Wildman–Crippen MR) is 175 cm³/mol. The van der Waals surface area contributed by atoms with Gasteiger partial charge in [-0.05, 0) is 92.4 Å². The van der Waals surface area contributed by atoms with Crippen molar-refractivity contribution in [3.05, 3.63) is 162 Å². The van der Waals surface area contributed by atoms with Crippen LogP contribution in [0.5, 0.6) is 11.5 Å². The molecule has 5 nitrogen and oxygen atoms in total. The van der Waals surface area contributed by atoms with Crippen LogP contribution in [0.15, 0.2) is 72.8 Å². The van der Waals surface area contributed by atoms with E-state index >= 15 is 0 Å². The molecular formula is C42H29Na2O5P. The molecule has 0 aromatic heterocycles. The summed E-state index contributed by atoms with van der Waals surface area (Å²) in [6.07, 6.45) is 3.73. The molecular weight excluding hydrogens is 661 g/mol. The van der Waals surface area contributed by atoms with Crippen LogP contribution in [0.4, 0.5) is 0 Å². The molecule has 0 amide bonds. The zero-order valence-electron chi connectivity index (χ0n) is 27.9. The summed E-state index contributed by atoms with van der Waals surface area (Å²) < 4.78 is 18.1. The fourth-order valence-electron chi connectivity index (χ4n) is 12.7. The molecule has 8 aliphatic carbocycles. The molecule has 234 valence electrons. The van der Waals surface area contributed by atoms with Crippen molar-refractivity contribution in [1.29, 1.82) is 0 Å². The van der Waals surface area contributed by atoms with Crippen molar-refractivity contribution in [2.24, 2.45) is 0 Å². The van der Waals surface area contributed by atoms with E-state index in [9.17, 15) is 19.5 Å². The van der Waals surface area contributed by atoms with E-state index in [4.69, 9.17) is 4.52 Å². The Labute approximate surface area is 334 Å². The van der Waals surface area contributed by atoms with Gasteiger partial charge in [0.05, 0.1) is 0 Å². The first-order valence-electron chi connectivity index (χ1n) is 17.5. The van der Waals surface area contributed by atoms with Crippen LogP contribution >= 0.6 is 7.82 Å². The number of phosphoric acid groups is 1. The second-order valence-electron chi connectivity index (χ2n) is 15.7. The molecule has 0 unspecified atom stereocenters. The van der Waals surface area contributed by atoms with E-state index in [-0.39, 0.29) is 88.5 Å². The maximum Gasteiger partial charge on any atom is 1.00 e. The molecule has 0 fully saturated rings. The Kier molecular flexibility index (Phi) is 6.33. The number of phenolic OH excluding ortho intramolecular Hbond substituents is 1. The average Bonchev–Trinajstić information content (AvgIpc) is 3.95. The normalized spacial score (nSPS) is 28.9. The van der Waals surface area contributed by atoms with Crippen LogP contribution in [-0.2, 0) is 4.57 Å². The zero-order chi connectivity index (χ0) is 31.5. The summed E-state index contributed by atoms with van der Waals surface area (Å²) in [5.41, 5.74) is 19.3. The molecule has 8 heteroatoms. The molecule has 0 saturated heterocycles. The summed E-state index contributed by atoms with van der Waals surface area (Å²) in [4.78, 5) is 25.0. The van der Waals surface area contributed by atoms with Crippen molar-refractivity contribution in [1.82, 2.24) is 0 Å². The second-order valence-corrected chi connectivity index (χ2v) is 16.8. The van der Waals surface area contributed by atoms with Crippen molar-refractivity contribution in [3.8, 4) is 11.5 Å². The van der Waals surface area contributed by atoms with E-state index in [1.165, 1.54) is 66.8 Å². The van der Waals surface area contributed by atoms with Crippen LogP contribution in [0.1, 0.15) is 162 Å². The first-order chi connectivity index (χ1) is 23.3. The summed E-state index contributed by atoms with van der Waals surface area (Å²) >= 11 is 0. The van der Waals surface area contributed by atoms with Gasteiger partial charge >= 0.3 is 59.1 Å². The summed E-state index contributed by atoms with van der Waals surface area (Å²) in [6.45, 7) is 0. The second kappa shape index (κ2) is 10.1. The van der Waals surface area contributed by atoms with E-state index in [2.05, 4.69) is 72.8 Å². The molecule has 0 spiro atoms. The number of rotatable bonds is 2. The van der Waals surface area contributed by atoms with E-state index in [1.807, 2.05) is 0 Å². The van der Waals surface area contributed by atoms with E-state index in [0.717, 1.165) is 47.9 Å². The van der Waals surface area contributed by atoms with E-state index in [0.29, 0.717) is 29.4 Å². The number of phosphoric ester groups is 1. The van der Waals surface area contributed by atoms with Gasteiger partial charge in [0.2, 0.25) is 0 Å². The van der Waals surface area contributed by atoms with Crippen molar-refractivity contribution in [3.63, 3.8) is 0 Å². The minimum atomic E-state index is -5.38. The molecule has 0 saturated carbocycles. The van der Waals surface area contributed by atoms with Gasteiger partial charge in [-0.25, -0.2) is 0 Å². The minimum Gasteiger partial charge on any atom is -0.780 e. The van der Waals surface area contributed by atoms with Gasteiger partial charge < -0.3 is 24.0 Å². The third-order valence-corrected chi connectivity index (χ3v) is 14.5. The van der Waals surface area contributed by atoms with Gasteiger partial charge in [0.1, 0.15) is 19.3 Å². The summed E-state index contributed by atoms with van der Waals surface area (Å²) in [6, 6.07) is 27.1. The Morgan fingerprint density at radius 2 is 0.760 bits per heavy atom. The molecule has 13 rings (SSSR count). The SMILES string of the molecule is O=P([O-])([O-])Oc1c2c(c(O)c3c1[C@H]1C[C@@H]3c3cc4c(cc31)[C@H]1C[C@@H]4c3ccccc31)[C@H]1C[C@@H]2c2cc3c(cc21)[C@H]1C[C@@H]3c2ccccc21.[Na+].[Na+]. The Hall–Kier alpha value is -2.15. The molecule has 50 heavy (non-hydrogen) atoms. The number of aromatic hydroxyl groups is 1. The number of benzene rings is 5. The topological polar surface area (TPSA) is 92.7 Å². The molecule has 0 heterocycles. The van der Waals surface area contributed by atoms with Gasteiger partial charge in [-0.1, -0.05) is 72.8 Å². The summed E-state index contributed by atoms with van der Waals surface area (Å²) in [7, 11) is -5.38. The quantitative estimate of drug-likeness (QED) is 0.224. The first-order valence-corrected chi connectivity index (χ1v) is 19.0. The van der Waals surface area contributed by atoms with Crippen molar-refractivity contribution >= 4 is 7.82 Å². The van der Waals surface area contributed by atoms with Crippen molar-refractivity contribution < 1.29 is 83.1 Å². The standard InChI is InChI=1S/C42H31O5P.2Na/c43-41-37-33-15-35(31-13-27-23-9-21(25(27)11-29(31)33)17-5-1-3-7-19(17)23)39(37)42(47-48(44,45)46)40-36-16-34(38(40)41)30-12-26-22-10-24(28(26)14-32(30)36)20-8-4-2-6-18(20)22;;/h1-8,11-14,21-24,33-36,43H,9-10,15-16H2,(H2,44,45,46);;/q;2*+1/p-2/t21-,22+,23+,24-,33-,34+,35+,36-;;. The van der Waals surface area contributed by atoms with Crippen molar-refractivity contribution in [2.75, 3.05) is 0 Å². The van der Waals surface area contributed by atoms with Gasteiger partial charge in [0, 0.05) is 69.6 Å². The van der Waals surface area contributed by atoms with Crippen LogP contribution in [-0.4, -0.2) is 5.11 Å². The summed E-state index contributed by atoms with van der Waals surface area (Å²) in [5.74, 6) is 1.79. The maximum atomic E-state index is 12.5. The van der Waals surface area contributed by atoms with E-state index in [1.54, 1.807) is 0 Å². The average molecular weight is 691 g/mol. The molecule has 5 aromatic carbocycles. The fraction of sp³-hybridized carbons (Fsp3) is 0.286. The van der Waals surface area contributed by atoms with Crippen LogP contribution < -0.4 is 73.4 Å². The number of hydrogen-bond acceptors (Lipinski definition) is 5. The van der Waals surface area contributed by atoms with Gasteiger partial charge in [0.25, 0.3) is 0 Å². The molecule has 8 aliphatic rings. The van der Waals surface area contributed by atoms with Gasteiger partial charge in [-0.2, -0.15) is 0 Å². The van der Waals surface area contributed by atoms with Crippen molar-refractivity contribution in [2.45, 2.75) is 73.0 Å². The van der Waals surface area contributed by atoms with E-state index < -0.39 is 7.82 Å². The smallest absolute Gasteiger partial charge is 0.780 e. The monoisotopic (exact) mass is 690 g/mol. The molecule has 0 aliphatic heterocycles. The van der Waals surface area contributed by atoms with Crippen LogP contribution in [0.2, 0.25) is 0 Å². The fourth-order valence-corrected chi connectivity index (χ4v) is 13.1. The van der Waals surface area contributed by atoms with Gasteiger partial charge in [-0.15, -0.1) is 0 Å². The third kappa shape index (κ3) is 3.56. The molecule has 8 atom stereocenters. The Balaban J connectivity index is 0.00000150. The number of hydrogen-bond donors (Lipinski definition) is 1. The summed E-state index contributed by atoms with van der Waals surface area (Å²) in [5, 5.41) is 12.3. The minimum absolute atomic E-state index is 0. The number of fused-ring (bicyclic) bond motifs is 32. The van der Waals surface area contributed by atoms with Crippen LogP contribution in [0.3, 0.4) is 0 Å². The Bertz CT molecular complexity index is 2330. The predicted octanol–water partition coefficient (Wildman–Crippen LogP) is 1.53. The molecule has 8 bridgehead atoms. The van der Waals surface area contributed by atoms with Crippen LogP contribution in [0.25, 0.3) is 0 Å². The largest absolute Gasteiger partial charge is 1.00 e. The molecule has 1 N–H and O–H groups in total. The molecule has 5 aromatic rings. The van der Waals surface area contributed by atoms with Gasteiger partial charge in [-0.3, -0.25) is 0 Å². The Morgan fingerprint density at radius 1 is 0.480 bits per heavy atom. The third-order valence-electron chi connectivity index (χ3n) is 14.1. The first kappa shape index (κ1) is 31.4. The maximum absolute atomic E-state index is 12.5. The molecule has 0 radical (unpaired) electrons. The van der Waals surface area contributed by atoms with Gasteiger partial charge in [0.15, 0.2) is 0 Å².